The van der Waals surface area contributed by atoms with Crippen LogP contribution in [0.5, 0.6) is 0 Å². The summed E-state index contributed by atoms with van der Waals surface area (Å²) in [5, 5.41) is 0. The molecule has 0 atom stereocenters. The Bertz CT molecular complexity index is 471. The van der Waals surface area contributed by atoms with Crippen LogP contribution in [0.15, 0.2) is 42.9 Å². The van der Waals surface area contributed by atoms with E-state index in [1.165, 1.54) is 4.90 Å². The van der Waals surface area contributed by atoms with Crippen molar-refractivity contribution in [3.8, 4) is 5.82 Å². The fraction of sp³-hybridized carbons (Fsp3) is 0.167. The average molecular weight is 215 g/mol. The number of rotatable bonds is 2. The third kappa shape index (κ3) is 1.95. The number of carbonyl (C=O) groups is 1. The van der Waals surface area contributed by atoms with Crippen LogP contribution >= 0.6 is 0 Å². The number of amides is 1. The fourth-order valence-electron chi connectivity index (χ4n) is 1.41. The lowest BCUT2D eigenvalue weighted by molar-refractivity contribution is 0.0827. The van der Waals surface area contributed by atoms with Crippen molar-refractivity contribution in [1.29, 1.82) is 0 Å². The summed E-state index contributed by atoms with van der Waals surface area (Å²) in [6.45, 7) is 0. The van der Waals surface area contributed by atoms with Crippen LogP contribution in [0.25, 0.3) is 5.82 Å². The molecule has 0 N–H and O–H groups in total. The molecule has 4 nitrogen and oxygen atoms in total. The maximum Gasteiger partial charge on any atom is 0.254 e. The first-order valence-electron chi connectivity index (χ1n) is 4.99. The zero-order chi connectivity index (χ0) is 11.5. The highest BCUT2D eigenvalue weighted by Crippen LogP contribution is 2.07. The van der Waals surface area contributed by atoms with Gasteiger partial charge in [-0.2, -0.15) is 0 Å². The number of pyridine rings is 1. The summed E-state index contributed by atoms with van der Waals surface area (Å²) in [7, 11) is 3.45. The highest BCUT2D eigenvalue weighted by molar-refractivity contribution is 5.93. The molecule has 0 aliphatic rings. The minimum atomic E-state index is -0.0356. The lowest BCUT2D eigenvalue weighted by atomic mass is 10.2. The highest BCUT2D eigenvalue weighted by Gasteiger charge is 2.07. The lowest BCUT2D eigenvalue weighted by Crippen LogP contribution is -2.21. The summed E-state index contributed by atoms with van der Waals surface area (Å²) < 4.78 is 1.89. The van der Waals surface area contributed by atoms with Gasteiger partial charge in [0.1, 0.15) is 5.82 Å². The van der Waals surface area contributed by atoms with Gasteiger partial charge in [0, 0.05) is 32.7 Å². The second-order valence-electron chi connectivity index (χ2n) is 3.69. The number of hydrogen-bond acceptors (Lipinski definition) is 2. The van der Waals surface area contributed by atoms with Gasteiger partial charge in [0.25, 0.3) is 5.91 Å². The topological polar surface area (TPSA) is 38.1 Å². The van der Waals surface area contributed by atoms with Crippen molar-refractivity contribution in [3.05, 3.63) is 48.4 Å². The number of aromatic nitrogens is 2. The van der Waals surface area contributed by atoms with Gasteiger partial charge in [-0.05, 0) is 24.3 Å². The Morgan fingerprint density at radius 1 is 1.25 bits per heavy atom. The van der Waals surface area contributed by atoms with E-state index in [9.17, 15) is 4.79 Å². The quantitative estimate of drug-likeness (QED) is 0.762. The van der Waals surface area contributed by atoms with Gasteiger partial charge in [-0.3, -0.25) is 4.79 Å². The van der Waals surface area contributed by atoms with Crippen LogP contribution in [0.2, 0.25) is 0 Å². The maximum atomic E-state index is 11.6. The lowest BCUT2D eigenvalue weighted by Gasteiger charge is -2.10. The molecule has 0 unspecified atom stereocenters. The van der Waals surface area contributed by atoms with E-state index in [1.807, 2.05) is 35.2 Å². The van der Waals surface area contributed by atoms with Gasteiger partial charge in [-0.25, -0.2) is 4.98 Å². The Morgan fingerprint density at radius 2 is 1.94 bits per heavy atom. The van der Waals surface area contributed by atoms with Crippen LogP contribution in [-0.2, 0) is 0 Å². The molecule has 4 heteroatoms. The molecule has 0 saturated carbocycles. The van der Waals surface area contributed by atoms with Crippen LogP contribution in [0.1, 0.15) is 10.4 Å². The van der Waals surface area contributed by atoms with Gasteiger partial charge >= 0.3 is 0 Å². The van der Waals surface area contributed by atoms with Gasteiger partial charge in [0.2, 0.25) is 0 Å². The summed E-state index contributed by atoms with van der Waals surface area (Å²) in [6.07, 6.45) is 5.42. The monoisotopic (exact) mass is 215 g/mol. The first-order valence-corrected chi connectivity index (χ1v) is 4.99. The molecule has 0 spiro atoms. The van der Waals surface area contributed by atoms with Crippen molar-refractivity contribution in [2.75, 3.05) is 14.1 Å². The normalized spacial score (nSPS) is 10.1. The molecule has 2 heterocycles. The SMILES string of the molecule is CN(C)C(=O)c1ccc(-n2cccc2)nc1. The second-order valence-corrected chi connectivity index (χ2v) is 3.69. The predicted octanol–water partition coefficient (Wildman–Crippen LogP) is 1.57. The molecule has 0 bridgehead atoms. The Balaban J connectivity index is 2.27. The first kappa shape index (κ1) is 10.4. The van der Waals surface area contributed by atoms with E-state index in [4.69, 9.17) is 0 Å². The molecule has 2 rings (SSSR count). The summed E-state index contributed by atoms with van der Waals surface area (Å²) in [5.41, 5.74) is 0.598. The van der Waals surface area contributed by atoms with E-state index in [0.717, 1.165) is 5.82 Å². The van der Waals surface area contributed by atoms with Crippen molar-refractivity contribution < 1.29 is 4.79 Å². The molecule has 0 saturated heterocycles. The zero-order valence-electron chi connectivity index (χ0n) is 9.29. The second kappa shape index (κ2) is 4.18. The first-order chi connectivity index (χ1) is 7.68. The fourth-order valence-corrected chi connectivity index (χ4v) is 1.41. The van der Waals surface area contributed by atoms with Crippen LogP contribution in [0.4, 0.5) is 0 Å². The van der Waals surface area contributed by atoms with Crippen molar-refractivity contribution in [2.45, 2.75) is 0 Å². The highest BCUT2D eigenvalue weighted by atomic mass is 16.2. The Kier molecular flexibility index (Phi) is 2.72. The van der Waals surface area contributed by atoms with Crippen molar-refractivity contribution >= 4 is 5.91 Å². The van der Waals surface area contributed by atoms with E-state index in [0.29, 0.717) is 5.56 Å². The van der Waals surface area contributed by atoms with Crippen molar-refractivity contribution in [2.24, 2.45) is 0 Å². The van der Waals surface area contributed by atoms with E-state index in [1.54, 1.807) is 26.4 Å². The van der Waals surface area contributed by atoms with E-state index in [-0.39, 0.29) is 5.91 Å². The zero-order valence-corrected chi connectivity index (χ0v) is 9.29. The Morgan fingerprint density at radius 3 is 2.44 bits per heavy atom. The number of carbonyl (C=O) groups excluding carboxylic acids is 1. The van der Waals surface area contributed by atoms with Gasteiger partial charge in [0.15, 0.2) is 0 Å². The molecule has 16 heavy (non-hydrogen) atoms. The van der Waals surface area contributed by atoms with Crippen LogP contribution in [0, 0.1) is 0 Å². The molecule has 0 fully saturated rings. The van der Waals surface area contributed by atoms with Crippen molar-refractivity contribution in [1.82, 2.24) is 14.5 Å². The smallest absolute Gasteiger partial charge is 0.254 e. The maximum absolute atomic E-state index is 11.6. The largest absolute Gasteiger partial charge is 0.345 e. The molecule has 0 aromatic carbocycles. The van der Waals surface area contributed by atoms with Gasteiger partial charge in [-0.1, -0.05) is 0 Å². The third-order valence-corrected chi connectivity index (χ3v) is 2.27. The Labute approximate surface area is 94.1 Å². The van der Waals surface area contributed by atoms with Crippen LogP contribution in [-0.4, -0.2) is 34.5 Å². The standard InChI is InChI=1S/C12H13N3O/c1-14(2)12(16)10-5-6-11(13-9-10)15-7-3-4-8-15/h3-9H,1-2H3. The van der Waals surface area contributed by atoms with E-state index >= 15 is 0 Å². The molecule has 0 radical (unpaired) electrons. The molecule has 0 aliphatic heterocycles. The molecule has 2 aromatic heterocycles. The summed E-state index contributed by atoms with van der Waals surface area (Å²) in [4.78, 5) is 17.4. The average Bonchev–Trinajstić information content (AvgIpc) is 2.81. The molecule has 2 aromatic rings. The summed E-state index contributed by atoms with van der Waals surface area (Å²) in [5.74, 6) is 0.770. The van der Waals surface area contributed by atoms with Crippen molar-refractivity contribution in [3.63, 3.8) is 0 Å². The van der Waals surface area contributed by atoms with Crippen LogP contribution in [0.3, 0.4) is 0 Å². The minimum Gasteiger partial charge on any atom is -0.345 e. The molecule has 82 valence electrons. The minimum absolute atomic E-state index is 0.0356. The number of nitrogens with zero attached hydrogens (tertiary/aromatic N) is 3. The van der Waals surface area contributed by atoms with Gasteiger partial charge in [-0.15, -0.1) is 0 Å². The third-order valence-electron chi connectivity index (χ3n) is 2.27. The van der Waals surface area contributed by atoms with E-state index < -0.39 is 0 Å². The molecular formula is C12H13N3O. The Hall–Kier alpha value is -2.10. The molecule has 1 amide bonds. The summed E-state index contributed by atoms with van der Waals surface area (Å²) in [6, 6.07) is 7.47. The predicted molar refractivity (Wildman–Crippen MR) is 61.6 cm³/mol. The van der Waals surface area contributed by atoms with Gasteiger partial charge < -0.3 is 9.47 Å². The van der Waals surface area contributed by atoms with Crippen LogP contribution < -0.4 is 0 Å². The van der Waals surface area contributed by atoms with Gasteiger partial charge in [0.05, 0.1) is 5.56 Å². The summed E-state index contributed by atoms with van der Waals surface area (Å²) >= 11 is 0. The van der Waals surface area contributed by atoms with E-state index in [2.05, 4.69) is 4.98 Å². The number of hydrogen-bond donors (Lipinski definition) is 0. The molecule has 0 aliphatic carbocycles. The molecular weight excluding hydrogens is 202 g/mol.